The van der Waals surface area contributed by atoms with Crippen molar-refractivity contribution in [2.45, 2.75) is 13.0 Å². The number of rotatable bonds is 2. The number of carboxylic acids is 1. The van der Waals surface area contributed by atoms with E-state index >= 15 is 0 Å². The van der Waals surface area contributed by atoms with E-state index in [1.54, 1.807) is 17.8 Å². The number of nitrogens with zero attached hydrogens (tertiary/aromatic N) is 1. The van der Waals surface area contributed by atoms with E-state index < -0.39 is 12.0 Å². The minimum atomic E-state index is -0.928. The van der Waals surface area contributed by atoms with Gasteiger partial charge in [-0.2, -0.15) is 11.8 Å². The number of carbonyl (C=O) groups excluding carboxylic acids is 1. The van der Waals surface area contributed by atoms with Gasteiger partial charge in [-0.25, -0.2) is 4.79 Å². The largest absolute Gasteiger partial charge is 0.480 e. The van der Waals surface area contributed by atoms with Gasteiger partial charge < -0.3 is 10.0 Å². The zero-order valence-corrected chi connectivity index (χ0v) is 13.4. The number of aryl methyl sites for hydroxylation is 1. The Kier molecular flexibility index (Phi) is 4.72. The van der Waals surface area contributed by atoms with Gasteiger partial charge in [-0.05, 0) is 41.1 Å². The molecular weight excluding hydrogens is 377 g/mol. The van der Waals surface area contributed by atoms with Crippen LogP contribution in [0.25, 0.3) is 0 Å². The Morgan fingerprint density at radius 3 is 2.89 bits per heavy atom. The summed E-state index contributed by atoms with van der Waals surface area (Å²) in [6, 6.07) is 4.82. The predicted molar refractivity (Wildman–Crippen MR) is 83.7 cm³/mol. The fourth-order valence-electron chi connectivity index (χ4n) is 2.02. The van der Waals surface area contributed by atoms with Gasteiger partial charge in [0.25, 0.3) is 5.91 Å². The molecule has 2 rings (SSSR count). The Morgan fingerprint density at radius 1 is 1.47 bits per heavy atom. The van der Waals surface area contributed by atoms with Crippen LogP contribution in [0.2, 0.25) is 0 Å². The lowest BCUT2D eigenvalue weighted by atomic mass is 10.1. The summed E-state index contributed by atoms with van der Waals surface area (Å²) in [5.74, 6) is 0.144. The van der Waals surface area contributed by atoms with Crippen LogP contribution < -0.4 is 0 Å². The first kappa shape index (κ1) is 14.6. The average molecular weight is 391 g/mol. The molecule has 1 saturated heterocycles. The Morgan fingerprint density at radius 2 is 2.21 bits per heavy atom. The molecule has 0 saturated carbocycles. The van der Waals surface area contributed by atoms with Crippen LogP contribution in [0.3, 0.4) is 0 Å². The summed E-state index contributed by atoms with van der Waals surface area (Å²) in [6.45, 7) is 2.43. The maximum Gasteiger partial charge on any atom is 0.327 e. The number of carboxylic acid groups (broad SMARTS) is 1. The van der Waals surface area contributed by atoms with Gasteiger partial charge in [0.2, 0.25) is 0 Å². The van der Waals surface area contributed by atoms with E-state index in [4.69, 9.17) is 0 Å². The van der Waals surface area contributed by atoms with Gasteiger partial charge in [0.1, 0.15) is 6.04 Å². The van der Waals surface area contributed by atoms with E-state index in [0.29, 0.717) is 17.9 Å². The van der Waals surface area contributed by atoms with Crippen molar-refractivity contribution < 1.29 is 14.7 Å². The summed E-state index contributed by atoms with van der Waals surface area (Å²) < 4.78 is 0.896. The Balaban J connectivity index is 2.31. The van der Waals surface area contributed by atoms with Gasteiger partial charge >= 0.3 is 5.97 Å². The maximum absolute atomic E-state index is 12.5. The second kappa shape index (κ2) is 6.13. The molecule has 4 nitrogen and oxygen atoms in total. The summed E-state index contributed by atoms with van der Waals surface area (Å²) >= 11 is 3.72. The van der Waals surface area contributed by atoms with E-state index in [0.717, 1.165) is 14.9 Å². The van der Waals surface area contributed by atoms with Crippen molar-refractivity contribution in [1.29, 1.82) is 0 Å². The third kappa shape index (κ3) is 3.05. The molecule has 1 aliphatic heterocycles. The molecule has 1 heterocycles. The molecule has 1 N–H and O–H groups in total. The van der Waals surface area contributed by atoms with Crippen molar-refractivity contribution in [3.63, 3.8) is 0 Å². The minimum absolute atomic E-state index is 0.180. The number of aliphatic carboxylic acids is 1. The molecule has 0 aliphatic carbocycles. The van der Waals surface area contributed by atoms with Crippen LogP contribution in [0.4, 0.5) is 0 Å². The molecule has 0 radical (unpaired) electrons. The van der Waals surface area contributed by atoms with Crippen LogP contribution in [-0.4, -0.2) is 46.0 Å². The summed E-state index contributed by atoms with van der Waals surface area (Å²) in [4.78, 5) is 25.3. The zero-order valence-electron chi connectivity index (χ0n) is 10.4. The minimum Gasteiger partial charge on any atom is -0.480 e. The second-order valence-electron chi connectivity index (χ2n) is 4.36. The highest BCUT2D eigenvalue weighted by Gasteiger charge is 2.33. The van der Waals surface area contributed by atoms with Crippen molar-refractivity contribution in [3.8, 4) is 0 Å². The standard InChI is InChI=1S/C13H14INO3S/c1-8-3-2-4-9(11(8)14)12(16)15-5-6-19-7-10(15)13(17)18/h2-4,10H,5-7H2,1H3,(H,17,18). The Labute approximate surface area is 129 Å². The van der Waals surface area contributed by atoms with Crippen LogP contribution in [0.1, 0.15) is 15.9 Å². The van der Waals surface area contributed by atoms with Gasteiger partial charge in [0, 0.05) is 21.6 Å². The fraction of sp³-hybridized carbons (Fsp3) is 0.385. The molecule has 1 aromatic carbocycles. The number of thioether (sulfide) groups is 1. The van der Waals surface area contributed by atoms with E-state index in [1.165, 1.54) is 4.90 Å². The van der Waals surface area contributed by atoms with Gasteiger partial charge in [-0.1, -0.05) is 12.1 Å². The van der Waals surface area contributed by atoms with E-state index in [-0.39, 0.29) is 5.91 Å². The molecule has 1 aromatic rings. The molecule has 102 valence electrons. The zero-order chi connectivity index (χ0) is 14.0. The summed E-state index contributed by atoms with van der Waals surface area (Å²) in [5.41, 5.74) is 1.63. The number of hydrogen-bond donors (Lipinski definition) is 1. The van der Waals surface area contributed by atoms with Crippen LogP contribution in [0, 0.1) is 10.5 Å². The lowest BCUT2D eigenvalue weighted by molar-refractivity contribution is -0.141. The van der Waals surface area contributed by atoms with Gasteiger partial charge in [0.15, 0.2) is 0 Å². The Hall–Kier alpha value is -0.760. The number of amides is 1. The van der Waals surface area contributed by atoms with Gasteiger partial charge in [-0.3, -0.25) is 4.79 Å². The molecule has 1 unspecified atom stereocenters. The van der Waals surface area contributed by atoms with Crippen LogP contribution >= 0.6 is 34.4 Å². The first-order chi connectivity index (χ1) is 9.02. The number of carbonyl (C=O) groups is 2. The predicted octanol–water partition coefficient (Wildman–Crippen LogP) is 2.24. The highest BCUT2D eigenvalue weighted by atomic mass is 127. The van der Waals surface area contributed by atoms with E-state index in [2.05, 4.69) is 22.6 Å². The van der Waals surface area contributed by atoms with Crippen molar-refractivity contribution in [2.24, 2.45) is 0 Å². The normalized spacial score (nSPS) is 19.3. The maximum atomic E-state index is 12.5. The molecule has 1 atom stereocenters. The quantitative estimate of drug-likeness (QED) is 0.786. The van der Waals surface area contributed by atoms with Gasteiger partial charge in [0.05, 0.1) is 5.56 Å². The highest BCUT2D eigenvalue weighted by molar-refractivity contribution is 14.1. The molecule has 0 spiro atoms. The van der Waals surface area contributed by atoms with Crippen molar-refractivity contribution >= 4 is 46.2 Å². The number of hydrogen-bond acceptors (Lipinski definition) is 3. The van der Waals surface area contributed by atoms with Crippen LogP contribution in [-0.2, 0) is 4.79 Å². The van der Waals surface area contributed by atoms with Crippen LogP contribution in [0.5, 0.6) is 0 Å². The van der Waals surface area contributed by atoms with Crippen molar-refractivity contribution in [2.75, 3.05) is 18.1 Å². The topological polar surface area (TPSA) is 57.6 Å². The molecule has 1 fully saturated rings. The van der Waals surface area contributed by atoms with Crippen molar-refractivity contribution in [1.82, 2.24) is 4.90 Å². The molecule has 1 amide bonds. The molecular formula is C13H14INO3S. The molecule has 19 heavy (non-hydrogen) atoms. The summed E-state index contributed by atoms with van der Waals surface area (Å²) in [7, 11) is 0. The number of benzene rings is 1. The highest BCUT2D eigenvalue weighted by Crippen LogP contribution is 2.23. The molecule has 6 heteroatoms. The van der Waals surface area contributed by atoms with E-state index in [1.807, 2.05) is 19.1 Å². The van der Waals surface area contributed by atoms with Crippen LogP contribution in [0.15, 0.2) is 18.2 Å². The first-order valence-corrected chi connectivity index (χ1v) is 8.12. The lowest BCUT2D eigenvalue weighted by Gasteiger charge is -2.33. The Bertz CT molecular complexity index is 521. The third-order valence-corrected chi connectivity index (χ3v) is 5.55. The van der Waals surface area contributed by atoms with Crippen molar-refractivity contribution in [3.05, 3.63) is 32.9 Å². The smallest absolute Gasteiger partial charge is 0.327 e. The monoisotopic (exact) mass is 391 g/mol. The molecule has 1 aliphatic rings. The second-order valence-corrected chi connectivity index (χ2v) is 6.59. The molecule has 0 aromatic heterocycles. The first-order valence-electron chi connectivity index (χ1n) is 5.89. The molecule has 0 bridgehead atoms. The summed E-state index contributed by atoms with van der Waals surface area (Å²) in [6.07, 6.45) is 0. The van der Waals surface area contributed by atoms with Gasteiger partial charge in [-0.15, -0.1) is 0 Å². The van der Waals surface area contributed by atoms with E-state index in [9.17, 15) is 14.7 Å². The summed E-state index contributed by atoms with van der Waals surface area (Å²) in [5, 5.41) is 9.22. The SMILES string of the molecule is Cc1cccc(C(=O)N2CCSCC2C(=O)O)c1I. The lowest BCUT2D eigenvalue weighted by Crippen LogP contribution is -2.50. The number of halogens is 1. The fourth-order valence-corrected chi connectivity index (χ4v) is 3.65. The average Bonchev–Trinajstić information content (AvgIpc) is 2.41. The third-order valence-electron chi connectivity index (χ3n) is 3.10.